The smallest absolute Gasteiger partial charge is 0.258 e. The van der Waals surface area contributed by atoms with Crippen molar-refractivity contribution in [2.75, 3.05) is 30.0 Å². The summed E-state index contributed by atoms with van der Waals surface area (Å²) in [4.78, 5) is 24.9. The molecule has 0 radical (unpaired) electrons. The minimum absolute atomic E-state index is 0. The fourth-order valence-corrected chi connectivity index (χ4v) is 4.45. The average Bonchev–Trinajstić information content (AvgIpc) is 3.16. The summed E-state index contributed by atoms with van der Waals surface area (Å²) in [5, 5.41) is 8.47. The number of furan rings is 1. The molecule has 2 heterocycles. The van der Waals surface area contributed by atoms with Gasteiger partial charge in [-0.05, 0) is 50.2 Å². The van der Waals surface area contributed by atoms with Crippen LogP contribution in [-0.2, 0) is 14.6 Å². The van der Waals surface area contributed by atoms with Crippen LogP contribution in [0, 0.1) is 0 Å². The van der Waals surface area contributed by atoms with E-state index in [0.29, 0.717) is 30.0 Å². The van der Waals surface area contributed by atoms with Crippen molar-refractivity contribution in [2.45, 2.75) is 17.6 Å². The second-order valence-corrected chi connectivity index (χ2v) is 8.84. The Morgan fingerprint density at radius 2 is 1.75 bits per heavy atom. The molecule has 28 heavy (non-hydrogen) atoms. The molecule has 0 saturated carbocycles. The van der Waals surface area contributed by atoms with E-state index < -0.39 is 20.5 Å². The van der Waals surface area contributed by atoms with E-state index in [9.17, 15) is 18.0 Å². The highest BCUT2D eigenvalue weighted by Gasteiger charge is 2.48. The Hall–Kier alpha value is -2.36. The molecule has 3 N–H and O–H groups in total. The topological polar surface area (TPSA) is 118 Å². The molecule has 152 valence electrons. The van der Waals surface area contributed by atoms with Gasteiger partial charge in [-0.2, -0.15) is 0 Å². The zero-order chi connectivity index (χ0) is 19.5. The SMILES string of the molecule is CS(=O)(=O)C1(C(=O)Nc2cccc(NC(=O)c3ccoc3)c2)CCNCC1.Cl. The third kappa shape index (κ3) is 4.54. The average molecular weight is 428 g/mol. The maximum Gasteiger partial charge on any atom is 0.258 e. The Balaban J connectivity index is 0.00000280. The number of hydrogen-bond donors (Lipinski definition) is 3. The quantitative estimate of drug-likeness (QED) is 0.672. The Morgan fingerprint density at radius 1 is 1.11 bits per heavy atom. The minimum Gasteiger partial charge on any atom is -0.472 e. The predicted molar refractivity (Wildman–Crippen MR) is 109 cm³/mol. The summed E-state index contributed by atoms with van der Waals surface area (Å²) in [6.45, 7) is 0.919. The number of nitrogens with one attached hydrogen (secondary N) is 3. The molecule has 1 aromatic heterocycles. The predicted octanol–water partition coefficient (Wildman–Crippen LogP) is 2.06. The van der Waals surface area contributed by atoms with Crippen LogP contribution in [-0.4, -0.2) is 44.3 Å². The van der Waals surface area contributed by atoms with Crippen molar-refractivity contribution in [1.29, 1.82) is 0 Å². The minimum atomic E-state index is -3.60. The highest BCUT2D eigenvalue weighted by atomic mass is 35.5. The maximum atomic E-state index is 12.8. The first-order valence-electron chi connectivity index (χ1n) is 8.47. The van der Waals surface area contributed by atoms with E-state index in [-0.39, 0.29) is 31.2 Å². The van der Waals surface area contributed by atoms with Crippen LogP contribution in [0.2, 0.25) is 0 Å². The number of amides is 2. The molecule has 0 bridgehead atoms. The van der Waals surface area contributed by atoms with Gasteiger partial charge in [0.2, 0.25) is 5.91 Å². The van der Waals surface area contributed by atoms with Crippen molar-refractivity contribution in [3.63, 3.8) is 0 Å². The first-order chi connectivity index (χ1) is 12.8. The number of halogens is 1. The number of sulfone groups is 1. The van der Waals surface area contributed by atoms with E-state index in [1.807, 2.05) is 0 Å². The Labute approximate surface area is 169 Å². The van der Waals surface area contributed by atoms with Crippen LogP contribution in [0.4, 0.5) is 11.4 Å². The molecule has 2 aromatic rings. The maximum absolute atomic E-state index is 12.8. The van der Waals surface area contributed by atoms with E-state index >= 15 is 0 Å². The summed E-state index contributed by atoms with van der Waals surface area (Å²) >= 11 is 0. The van der Waals surface area contributed by atoms with Crippen LogP contribution in [0.3, 0.4) is 0 Å². The third-order valence-corrected chi connectivity index (χ3v) is 6.71. The van der Waals surface area contributed by atoms with E-state index in [4.69, 9.17) is 4.42 Å². The van der Waals surface area contributed by atoms with Crippen molar-refractivity contribution >= 4 is 45.4 Å². The number of carbonyl (C=O) groups excluding carboxylic acids is 2. The molecule has 2 amide bonds. The number of piperidine rings is 1. The van der Waals surface area contributed by atoms with Gasteiger partial charge in [-0.3, -0.25) is 9.59 Å². The van der Waals surface area contributed by atoms with Gasteiger partial charge < -0.3 is 20.4 Å². The summed E-state index contributed by atoms with van der Waals surface area (Å²) in [5.41, 5.74) is 1.25. The highest BCUT2D eigenvalue weighted by Crippen LogP contribution is 2.30. The Morgan fingerprint density at radius 3 is 2.32 bits per heavy atom. The lowest BCUT2D eigenvalue weighted by atomic mass is 9.95. The van der Waals surface area contributed by atoms with E-state index in [1.54, 1.807) is 24.3 Å². The van der Waals surface area contributed by atoms with Crippen LogP contribution in [0.5, 0.6) is 0 Å². The molecular weight excluding hydrogens is 406 g/mol. The van der Waals surface area contributed by atoms with Crippen molar-refractivity contribution in [1.82, 2.24) is 5.32 Å². The van der Waals surface area contributed by atoms with Crippen LogP contribution < -0.4 is 16.0 Å². The molecule has 0 atom stereocenters. The third-order valence-electron chi connectivity index (χ3n) is 4.70. The lowest BCUT2D eigenvalue weighted by Gasteiger charge is -2.34. The molecular formula is C18H22ClN3O5S. The summed E-state index contributed by atoms with van der Waals surface area (Å²) in [6.07, 6.45) is 4.26. The lowest BCUT2D eigenvalue weighted by Crippen LogP contribution is -2.55. The second-order valence-electron chi connectivity index (χ2n) is 6.52. The summed E-state index contributed by atoms with van der Waals surface area (Å²) in [5.74, 6) is -0.900. The number of hydrogen-bond acceptors (Lipinski definition) is 6. The monoisotopic (exact) mass is 427 g/mol. The first kappa shape index (κ1) is 21.9. The van der Waals surface area contributed by atoms with Gasteiger partial charge in [0.25, 0.3) is 5.91 Å². The molecule has 0 unspecified atom stereocenters. The van der Waals surface area contributed by atoms with E-state index in [0.717, 1.165) is 6.26 Å². The number of rotatable bonds is 5. The van der Waals surface area contributed by atoms with Crippen molar-refractivity contribution in [3.05, 3.63) is 48.4 Å². The Bertz CT molecular complexity index is 938. The molecule has 1 fully saturated rings. The van der Waals surface area contributed by atoms with Gasteiger partial charge in [-0.1, -0.05) is 6.07 Å². The van der Waals surface area contributed by atoms with Crippen LogP contribution in [0.1, 0.15) is 23.2 Å². The summed E-state index contributed by atoms with van der Waals surface area (Å²) in [6, 6.07) is 8.09. The first-order valence-corrected chi connectivity index (χ1v) is 10.4. The fourth-order valence-electron chi connectivity index (χ4n) is 3.11. The summed E-state index contributed by atoms with van der Waals surface area (Å²) < 4.78 is 28.1. The molecule has 1 saturated heterocycles. The molecule has 1 aliphatic rings. The Kier molecular flexibility index (Phi) is 6.87. The molecule has 0 spiro atoms. The van der Waals surface area contributed by atoms with E-state index in [1.165, 1.54) is 18.6 Å². The van der Waals surface area contributed by atoms with Crippen LogP contribution in [0.25, 0.3) is 0 Å². The largest absolute Gasteiger partial charge is 0.472 e. The molecule has 3 rings (SSSR count). The standard InChI is InChI=1S/C18H21N3O5S.ClH/c1-27(24,25)18(6-8-19-9-7-18)17(23)21-15-4-2-3-14(11-15)20-16(22)13-5-10-26-12-13;/h2-5,10-12,19H,6-9H2,1H3,(H,20,22)(H,21,23);1H. The van der Waals surface area contributed by atoms with Crippen LogP contribution >= 0.6 is 12.4 Å². The highest BCUT2D eigenvalue weighted by molar-refractivity contribution is 7.92. The van der Waals surface area contributed by atoms with Gasteiger partial charge in [0.15, 0.2) is 14.6 Å². The molecule has 8 nitrogen and oxygen atoms in total. The number of benzene rings is 1. The molecule has 0 aliphatic carbocycles. The van der Waals surface area contributed by atoms with Gasteiger partial charge in [0.05, 0.1) is 11.8 Å². The van der Waals surface area contributed by atoms with E-state index in [2.05, 4.69) is 16.0 Å². The zero-order valence-corrected chi connectivity index (χ0v) is 16.9. The lowest BCUT2D eigenvalue weighted by molar-refractivity contribution is -0.119. The van der Waals surface area contributed by atoms with Gasteiger partial charge in [0, 0.05) is 17.6 Å². The van der Waals surface area contributed by atoms with Gasteiger partial charge >= 0.3 is 0 Å². The molecule has 1 aromatic carbocycles. The fraction of sp³-hybridized carbons (Fsp3) is 0.333. The molecule has 1 aliphatic heterocycles. The van der Waals surface area contributed by atoms with Crippen molar-refractivity contribution < 1.29 is 22.4 Å². The van der Waals surface area contributed by atoms with Crippen molar-refractivity contribution in [3.8, 4) is 0 Å². The second kappa shape index (κ2) is 8.76. The van der Waals surface area contributed by atoms with Crippen molar-refractivity contribution in [2.24, 2.45) is 0 Å². The molecule has 10 heteroatoms. The zero-order valence-electron chi connectivity index (χ0n) is 15.2. The normalized spacial score (nSPS) is 15.9. The van der Waals surface area contributed by atoms with Gasteiger partial charge in [-0.25, -0.2) is 8.42 Å². The number of anilines is 2. The summed E-state index contributed by atoms with van der Waals surface area (Å²) in [7, 11) is -3.60. The van der Waals surface area contributed by atoms with Gasteiger partial charge in [-0.15, -0.1) is 12.4 Å². The number of carbonyl (C=O) groups is 2. The van der Waals surface area contributed by atoms with Gasteiger partial charge in [0.1, 0.15) is 6.26 Å². The van der Waals surface area contributed by atoms with Crippen LogP contribution in [0.15, 0.2) is 47.3 Å².